The lowest BCUT2D eigenvalue weighted by molar-refractivity contribution is -0.119. The Morgan fingerprint density at radius 3 is 2.67 bits per heavy atom. The molecular formula is C24H29F2N3O. The topological polar surface area (TPSA) is 44.4 Å². The van der Waals surface area contributed by atoms with E-state index >= 15 is 0 Å². The van der Waals surface area contributed by atoms with Gasteiger partial charge < -0.3 is 15.5 Å². The predicted octanol–water partition coefficient (Wildman–Crippen LogP) is 4.42. The van der Waals surface area contributed by atoms with E-state index in [1.807, 2.05) is 35.2 Å². The maximum Gasteiger partial charge on any atom is 0.216 e. The highest BCUT2D eigenvalue weighted by atomic mass is 19.1. The van der Waals surface area contributed by atoms with E-state index in [0.717, 1.165) is 28.9 Å². The van der Waals surface area contributed by atoms with Crippen LogP contribution >= 0.6 is 0 Å². The molecule has 4 nitrogen and oxygen atoms in total. The molecule has 0 aromatic heterocycles. The minimum Gasteiger partial charge on any atom is -0.356 e. The maximum absolute atomic E-state index is 14.9. The number of benzene rings is 2. The molecule has 1 unspecified atom stereocenters. The predicted molar refractivity (Wildman–Crippen MR) is 117 cm³/mol. The lowest BCUT2D eigenvalue weighted by atomic mass is 10.0. The smallest absolute Gasteiger partial charge is 0.216 e. The normalized spacial score (nSPS) is 16.2. The highest BCUT2D eigenvalue weighted by molar-refractivity contribution is 5.73. The van der Waals surface area contributed by atoms with Gasteiger partial charge in [-0.2, -0.15) is 0 Å². The van der Waals surface area contributed by atoms with E-state index in [-0.39, 0.29) is 24.3 Å². The molecule has 2 N–H and O–H groups in total. The van der Waals surface area contributed by atoms with Crippen LogP contribution in [0.25, 0.3) is 11.1 Å². The van der Waals surface area contributed by atoms with E-state index < -0.39 is 0 Å². The molecule has 1 heterocycles. The number of hydrogen-bond acceptors (Lipinski definition) is 3. The number of allylic oxidation sites excluding steroid dienone is 1. The first kappa shape index (κ1) is 22.0. The second-order valence-electron chi connectivity index (χ2n) is 7.76. The number of carbonyl (C=O) groups is 1. The van der Waals surface area contributed by atoms with Crippen molar-refractivity contribution in [1.29, 1.82) is 0 Å². The Morgan fingerprint density at radius 2 is 2.00 bits per heavy atom. The lowest BCUT2D eigenvalue weighted by Crippen LogP contribution is -2.29. The molecule has 1 amide bonds. The Kier molecular flexibility index (Phi) is 7.57. The van der Waals surface area contributed by atoms with Crippen molar-refractivity contribution in [3.05, 3.63) is 66.1 Å². The molecule has 0 spiro atoms. The summed E-state index contributed by atoms with van der Waals surface area (Å²) in [6, 6.07) is 13.0. The molecule has 1 atom stereocenters. The van der Waals surface area contributed by atoms with Crippen LogP contribution in [0.4, 0.5) is 14.5 Å². The van der Waals surface area contributed by atoms with Crippen LogP contribution < -0.4 is 15.5 Å². The molecule has 1 aliphatic rings. The summed E-state index contributed by atoms with van der Waals surface area (Å²) in [5, 5.41) is 6.03. The van der Waals surface area contributed by atoms with Crippen LogP contribution in [0, 0.1) is 11.7 Å². The zero-order valence-corrected chi connectivity index (χ0v) is 17.4. The number of amides is 1. The fraction of sp³-hybridized carbons (Fsp3) is 0.375. The summed E-state index contributed by atoms with van der Waals surface area (Å²) < 4.78 is 27.0. The summed E-state index contributed by atoms with van der Waals surface area (Å²) in [6.07, 6.45) is 1.29. The molecular weight excluding hydrogens is 384 g/mol. The fourth-order valence-electron chi connectivity index (χ4n) is 3.74. The summed E-state index contributed by atoms with van der Waals surface area (Å²) in [5.41, 5.74) is 4.15. The third-order valence-corrected chi connectivity index (χ3v) is 5.33. The standard InChI is InChI=1S/C24H29F2N3O/c1-17-12-20(15-28-18(2)30)16-29(17)22-8-9-23(24(26)13-22)21-6-4-19(5-7-21)14-27-11-3-10-25/h4-9,13,20,27H,1,3,10-12,14-16H2,2H3,(H,28,30). The van der Waals surface area contributed by atoms with Crippen molar-refractivity contribution in [2.75, 3.05) is 31.2 Å². The van der Waals surface area contributed by atoms with Gasteiger partial charge >= 0.3 is 0 Å². The van der Waals surface area contributed by atoms with Crippen LogP contribution in [0.1, 0.15) is 25.3 Å². The zero-order chi connectivity index (χ0) is 21.5. The summed E-state index contributed by atoms with van der Waals surface area (Å²) >= 11 is 0. The van der Waals surface area contributed by atoms with E-state index in [0.29, 0.717) is 38.2 Å². The molecule has 0 aliphatic carbocycles. The van der Waals surface area contributed by atoms with Gasteiger partial charge in [0.2, 0.25) is 5.91 Å². The van der Waals surface area contributed by atoms with E-state index in [9.17, 15) is 13.6 Å². The SMILES string of the molecule is C=C1CC(CNC(C)=O)CN1c1ccc(-c2ccc(CNCCCF)cc2)c(F)c1. The minimum absolute atomic E-state index is 0.0454. The highest BCUT2D eigenvalue weighted by Gasteiger charge is 2.26. The van der Waals surface area contributed by atoms with Crippen molar-refractivity contribution < 1.29 is 13.6 Å². The molecule has 1 aliphatic heterocycles. The van der Waals surface area contributed by atoms with Gasteiger partial charge in [-0.15, -0.1) is 0 Å². The molecule has 1 fully saturated rings. The van der Waals surface area contributed by atoms with Gasteiger partial charge in [0.15, 0.2) is 0 Å². The number of halogens is 2. The van der Waals surface area contributed by atoms with Gasteiger partial charge in [-0.1, -0.05) is 30.8 Å². The second-order valence-corrected chi connectivity index (χ2v) is 7.76. The van der Waals surface area contributed by atoms with Gasteiger partial charge in [-0.3, -0.25) is 9.18 Å². The van der Waals surface area contributed by atoms with Crippen LogP contribution in [0.5, 0.6) is 0 Å². The minimum atomic E-state index is -0.318. The first-order chi connectivity index (χ1) is 14.5. The van der Waals surface area contributed by atoms with Crippen LogP contribution in [-0.4, -0.2) is 32.2 Å². The number of rotatable bonds is 9. The van der Waals surface area contributed by atoms with Gasteiger partial charge in [0, 0.05) is 43.5 Å². The molecule has 3 rings (SSSR count). The number of anilines is 1. The molecule has 0 radical (unpaired) electrons. The fourth-order valence-corrected chi connectivity index (χ4v) is 3.74. The van der Waals surface area contributed by atoms with Crippen molar-refractivity contribution in [2.24, 2.45) is 5.92 Å². The molecule has 6 heteroatoms. The van der Waals surface area contributed by atoms with Crippen LogP contribution in [0.2, 0.25) is 0 Å². The quantitative estimate of drug-likeness (QED) is 0.598. The first-order valence-electron chi connectivity index (χ1n) is 10.3. The Bertz CT molecular complexity index is 883. The van der Waals surface area contributed by atoms with E-state index in [1.54, 1.807) is 12.1 Å². The summed E-state index contributed by atoms with van der Waals surface area (Å²) in [7, 11) is 0. The summed E-state index contributed by atoms with van der Waals surface area (Å²) in [5.74, 6) is -0.0503. The van der Waals surface area contributed by atoms with E-state index in [1.165, 1.54) is 6.92 Å². The second kappa shape index (κ2) is 10.3. The number of nitrogens with zero attached hydrogens (tertiary/aromatic N) is 1. The molecule has 2 aromatic rings. The summed E-state index contributed by atoms with van der Waals surface area (Å²) in [6.45, 7) is 7.91. The van der Waals surface area contributed by atoms with Crippen LogP contribution in [0.3, 0.4) is 0 Å². The maximum atomic E-state index is 14.9. The van der Waals surface area contributed by atoms with E-state index in [4.69, 9.17) is 0 Å². The van der Waals surface area contributed by atoms with Gasteiger partial charge in [0.1, 0.15) is 5.82 Å². The Balaban J connectivity index is 1.65. The highest BCUT2D eigenvalue weighted by Crippen LogP contribution is 2.33. The average Bonchev–Trinajstić information content (AvgIpc) is 3.11. The number of alkyl halides is 1. The lowest BCUT2D eigenvalue weighted by Gasteiger charge is -2.21. The molecule has 0 bridgehead atoms. The average molecular weight is 414 g/mol. The zero-order valence-electron chi connectivity index (χ0n) is 17.4. The molecule has 0 saturated carbocycles. The summed E-state index contributed by atoms with van der Waals surface area (Å²) in [4.78, 5) is 13.2. The third-order valence-electron chi connectivity index (χ3n) is 5.33. The van der Waals surface area contributed by atoms with Crippen molar-refractivity contribution in [1.82, 2.24) is 10.6 Å². The molecule has 30 heavy (non-hydrogen) atoms. The monoisotopic (exact) mass is 413 g/mol. The van der Waals surface area contributed by atoms with Crippen molar-refractivity contribution in [2.45, 2.75) is 26.3 Å². The Morgan fingerprint density at radius 1 is 1.23 bits per heavy atom. The number of nitrogens with one attached hydrogen (secondary N) is 2. The number of carbonyl (C=O) groups excluding carboxylic acids is 1. The van der Waals surface area contributed by atoms with Crippen LogP contribution in [-0.2, 0) is 11.3 Å². The first-order valence-corrected chi connectivity index (χ1v) is 10.3. The third kappa shape index (κ3) is 5.66. The van der Waals surface area contributed by atoms with Crippen molar-refractivity contribution >= 4 is 11.6 Å². The van der Waals surface area contributed by atoms with Gasteiger partial charge in [0.25, 0.3) is 0 Å². The Hall–Kier alpha value is -2.73. The number of hydrogen-bond donors (Lipinski definition) is 2. The largest absolute Gasteiger partial charge is 0.356 e. The van der Waals surface area contributed by atoms with Gasteiger partial charge in [0.05, 0.1) is 6.67 Å². The van der Waals surface area contributed by atoms with Gasteiger partial charge in [-0.05, 0) is 54.6 Å². The van der Waals surface area contributed by atoms with Crippen molar-refractivity contribution in [3.63, 3.8) is 0 Å². The molecule has 2 aromatic carbocycles. The molecule has 1 saturated heterocycles. The van der Waals surface area contributed by atoms with Gasteiger partial charge in [-0.25, -0.2) is 4.39 Å². The Labute approximate surface area is 177 Å². The van der Waals surface area contributed by atoms with Crippen molar-refractivity contribution in [3.8, 4) is 11.1 Å². The molecule has 160 valence electrons. The van der Waals surface area contributed by atoms with Crippen LogP contribution in [0.15, 0.2) is 54.7 Å². The van der Waals surface area contributed by atoms with E-state index in [2.05, 4.69) is 17.2 Å².